The average molecular weight is 389 g/mol. The van der Waals surface area contributed by atoms with Crippen molar-refractivity contribution in [1.82, 2.24) is 0 Å². The standard InChI is InChI=1S/C19H19NO4S2/c1-23-16-4-2-3-15(11-16)20-17(21)12-24-18(22)13-5-7-14(8-6-13)19-25-9-10-26-19/h2-8,11,19H,9-10,12H2,1H3,(H,20,21). The smallest absolute Gasteiger partial charge is 0.338 e. The van der Waals surface area contributed by atoms with Crippen LogP contribution in [-0.2, 0) is 9.53 Å². The Morgan fingerprint density at radius 2 is 1.85 bits per heavy atom. The summed E-state index contributed by atoms with van der Waals surface area (Å²) in [7, 11) is 1.55. The van der Waals surface area contributed by atoms with Gasteiger partial charge < -0.3 is 14.8 Å². The average Bonchev–Trinajstić information content (AvgIpc) is 3.21. The quantitative estimate of drug-likeness (QED) is 0.754. The lowest BCUT2D eigenvalue weighted by atomic mass is 10.1. The Morgan fingerprint density at radius 3 is 2.54 bits per heavy atom. The van der Waals surface area contributed by atoms with E-state index in [4.69, 9.17) is 9.47 Å². The number of rotatable bonds is 6. The molecule has 0 bridgehead atoms. The second-order valence-corrected chi connectivity index (χ2v) is 8.28. The van der Waals surface area contributed by atoms with Crippen molar-refractivity contribution in [3.8, 4) is 5.75 Å². The van der Waals surface area contributed by atoms with E-state index < -0.39 is 11.9 Å². The van der Waals surface area contributed by atoms with Gasteiger partial charge in [-0.15, -0.1) is 23.5 Å². The van der Waals surface area contributed by atoms with Crippen molar-refractivity contribution in [3.63, 3.8) is 0 Å². The number of nitrogens with one attached hydrogen (secondary N) is 1. The van der Waals surface area contributed by atoms with Gasteiger partial charge in [0.25, 0.3) is 5.91 Å². The summed E-state index contributed by atoms with van der Waals surface area (Å²) >= 11 is 3.82. The number of anilines is 1. The molecule has 0 atom stereocenters. The van der Waals surface area contributed by atoms with Crippen molar-refractivity contribution in [1.29, 1.82) is 0 Å². The molecular formula is C19H19NO4S2. The fourth-order valence-corrected chi connectivity index (χ4v) is 5.30. The molecule has 0 aliphatic carbocycles. The predicted molar refractivity (Wildman–Crippen MR) is 106 cm³/mol. The highest BCUT2D eigenvalue weighted by Gasteiger charge is 2.19. The van der Waals surface area contributed by atoms with Gasteiger partial charge >= 0.3 is 5.97 Å². The molecule has 0 aromatic heterocycles. The minimum absolute atomic E-state index is 0.341. The van der Waals surface area contributed by atoms with Crippen LogP contribution in [0.2, 0.25) is 0 Å². The largest absolute Gasteiger partial charge is 0.497 e. The van der Waals surface area contributed by atoms with Crippen LogP contribution in [0.25, 0.3) is 0 Å². The molecule has 0 unspecified atom stereocenters. The van der Waals surface area contributed by atoms with Gasteiger partial charge in [-0.05, 0) is 29.8 Å². The highest BCUT2D eigenvalue weighted by Crippen LogP contribution is 2.45. The lowest BCUT2D eigenvalue weighted by Crippen LogP contribution is -2.20. The molecule has 2 aromatic carbocycles. The number of thioether (sulfide) groups is 2. The number of ether oxygens (including phenoxy) is 2. The van der Waals surface area contributed by atoms with Crippen LogP contribution in [0, 0.1) is 0 Å². The van der Waals surface area contributed by atoms with E-state index in [-0.39, 0.29) is 6.61 Å². The highest BCUT2D eigenvalue weighted by molar-refractivity contribution is 8.19. The second-order valence-electron chi connectivity index (χ2n) is 5.55. The Bertz CT molecular complexity index is 773. The summed E-state index contributed by atoms with van der Waals surface area (Å²) in [5.41, 5.74) is 2.22. The van der Waals surface area contributed by atoms with E-state index in [1.165, 1.54) is 5.56 Å². The van der Waals surface area contributed by atoms with Crippen LogP contribution in [0.4, 0.5) is 5.69 Å². The molecule has 1 saturated heterocycles. The molecule has 0 radical (unpaired) electrons. The van der Waals surface area contributed by atoms with E-state index in [1.807, 2.05) is 35.7 Å². The van der Waals surface area contributed by atoms with E-state index >= 15 is 0 Å². The Hall–Kier alpha value is -2.12. The van der Waals surface area contributed by atoms with Gasteiger partial charge in [0.15, 0.2) is 6.61 Å². The van der Waals surface area contributed by atoms with Crippen LogP contribution in [-0.4, -0.2) is 37.1 Å². The summed E-state index contributed by atoms with van der Waals surface area (Å²) < 4.78 is 10.6. The minimum atomic E-state index is -0.510. The van der Waals surface area contributed by atoms with E-state index in [0.717, 1.165) is 11.5 Å². The van der Waals surface area contributed by atoms with Crippen molar-refractivity contribution in [2.75, 3.05) is 30.5 Å². The molecular weight excluding hydrogens is 370 g/mol. The normalized spacial score (nSPS) is 14.0. The van der Waals surface area contributed by atoms with Crippen molar-refractivity contribution < 1.29 is 19.1 Å². The molecule has 2 aromatic rings. The third kappa shape index (κ3) is 4.95. The van der Waals surface area contributed by atoms with E-state index in [2.05, 4.69) is 5.32 Å². The number of methoxy groups -OCH3 is 1. The Kier molecular flexibility index (Phi) is 6.46. The van der Waals surface area contributed by atoms with Crippen LogP contribution in [0.1, 0.15) is 20.5 Å². The van der Waals surface area contributed by atoms with Crippen molar-refractivity contribution in [3.05, 3.63) is 59.7 Å². The van der Waals surface area contributed by atoms with Crippen molar-refractivity contribution in [2.24, 2.45) is 0 Å². The van der Waals surface area contributed by atoms with Gasteiger partial charge in [-0.2, -0.15) is 0 Å². The lowest BCUT2D eigenvalue weighted by molar-refractivity contribution is -0.119. The summed E-state index contributed by atoms with van der Waals surface area (Å²) in [5, 5.41) is 2.67. The molecule has 7 heteroatoms. The first-order chi connectivity index (χ1) is 12.7. The number of amides is 1. The Labute approximate surface area is 160 Å². The second kappa shape index (κ2) is 9.00. The maximum Gasteiger partial charge on any atom is 0.338 e. The minimum Gasteiger partial charge on any atom is -0.497 e. The monoisotopic (exact) mass is 389 g/mol. The topological polar surface area (TPSA) is 64.6 Å². The highest BCUT2D eigenvalue weighted by atomic mass is 32.2. The number of hydrogen-bond donors (Lipinski definition) is 1. The zero-order valence-corrected chi connectivity index (χ0v) is 15.9. The molecule has 1 heterocycles. The fraction of sp³-hybridized carbons (Fsp3) is 0.263. The number of esters is 1. The van der Waals surface area contributed by atoms with Gasteiger partial charge in [-0.25, -0.2) is 4.79 Å². The molecule has 26 heavy (non-hydrogen) atoms. The third-order valence-corrected chi connectivity index (χ3v) is 6.83. The van der Waals surface area contributed by atoms with Crippen LogP contribution < -0.4 is 10.1 Å². The van der Waals surface area contributed by atoms with Gasteiger partial charge in [0.1, 0.15) is 5.75 Å². The maximum absolute atomic E-state index is 12.1. The molecule has 0 saturated carbocycles. The maximum atomic E-state index is 12.1. The summed E-state index contributed by atoms with van der Waals surface area (Å²) in [5.74, 6) is 2.03. The van der Waals surface area contributed by atoms with Gasteiger partial charge in [-0.3, -0.25) is 4.79 Å². The van der Waals surface area contributed by atoms with Crippen LogP contribution in [0.15, 0.2) is 48.5 Å². The number of carbonyl (C=O) groups excluding carboxylic acids is 2. The molecule has 1 amide bonds. The first-order valence-corrected chi connectivity index (χ1v) is 10.2. The fourth-order valence-electron chi connectivity index (χ4n) is 2.44. The molecule has 136 valence electrons. The first kappa shape index (κ1) is 18.7. The number of benzene rings is 2. The van der Waals surface area contributed by atoms with Gasteiger partial charge in [0, 0.05) is 23.3 Å². The third-order valence-electron chi connectivity index (χ3n) is 3.73. The summed E-state index contributed by atoms with van der Waals surface area (Å²) in [6.07, 6.45) is 0. The van der Waals surface area contributed by atoms with Gasteiger partial charge in [0.05, 0.1) is 17.3 Å². The summed E-state index contributed by atoms with van der Waals surface area (Å²) in [6, 6.07) is 14.4. The number of hydrogen-bond acceptors (Lipinski definition) is 6. The molecule has 1 aliphatic rings. The Balaban J connectivity index is 1.50. The van der Waals surface area contributed by atoms with Crippen LogP contribution >= 0.6 is 23.5 Å². The van der Waals surface area contributed by atoms with E-state index in [1.54, 1.807) is 43.5 Å². The van der Waals surface area contributed by atoms with Gasteiger partial charge in [0.2, 0.25) is 0 Å². The lowest BCUT2D eigenvalue weighted by Gasteiger charge is -2.10. The molecule has 3 rings (SSSR count). The summed E-state index contributed by atoms with van der Waals surface area (Å²) in [4.78, 5) is 24.0. The van der Waals surface area contributed by atoms with E-state index in [9.17, 15) is 9.59 Å². The first-order valence-electron chi connectivity index (χ1n) is 8.10. The molecule has 0 spiro atoms. The predicted octanol–water partition coefficient (Wildman–Crippen LogP) is 3.97. The molecule has 1 fully saturated rings. The van der Waals surface area contributed by atoms with Gasteiger partial charge in [-0.1, -0.05) is 18.2 Å². The summed E-state index contributed by atoms with van der Waals surface area (Å²) in [6.45, 7) is -0.341. The molecule has 1 N–H and O–H groups in total. The van der Waals surface area contributed by atoms with Crippen LogP contribution in [0.5, 0.6) is 5.75 Å². The molecule has 1 aliphatic heterocycles. The van der Waals surface area contributed by atoms with E-state index in [0.29, 0.717) is 21.6 Å². The Morgan fingerprint density at radius 1 is 1.12 bits per heavy atom. The zero-order valence-electron chi connectivity index (χ0n) is 14.3. The SMILES string of the molecule is COc1cccc(NC(=O)COC(=O)c2ccc(C3SCCS3)cc2)c1. The van der Waals surface area contributed by atoms with Crippen molar-refractivity contribution >= 4 is 41.1 Å². The van der Waals surface area contributed by atoms with Crippen molar-refractivity contribution in [2.45, 2.75) is 4.58 Å². The van der Waals surface area contributed by atoms with Crippen LogP contribution in [0.3, 0.4) is 0 Å². The number of carbonyl (C=O) groups is 2. The molecule has 5 nitrogen and oxygen atoms in total. The zero-order chi connectivity index (χ0) is 18.4.